The normalized spacial score (nSPS) is 10.9. The predicted molar refractivity (Wildman–Crippen MR) is 144 cm³/mol. The number of hydrogen-bond acceptors (Lipinski definition) is 3. The number of aromatic nitrogens is 1. The molecule has 5 aromatic rings. The zero-order chi connectivity index (χ0) is 24.7. The molecule has 1 heterocycles. The second-order valence-corrected chi connectivity index (χ2v) is 8.29. The standard InChI is InChI=1S/C31H25N3O2/c1-23-15-20-30(25-10-4-2-5-11-25)34(23)27-18-16-26(17-19-27)31(35)33-32-22-24-9-8-14-29(21-24)36-28-12-6-3-7-13-28/h2-22H,1H3,(H,33,35)/b32-22+. The minimum Gasteiger partial charge on any atom is -0.457 e. The van der Waals surface area contributed by atoms with Crippen molar-refractivity contribution in [1.29, 1.82) is 0 Å². The number of ether oxygens (including phenoxy) is 1. The van der Waals surface area contributed by atoms with Crippen molar-refractivity contribution in [2.24, 2.45) is 5.10 Å². The van der Waals surface area contributed by atoms with Gasteiger partial charge in [-0.05, 0) is 78.7 Å². The number of amides is 1. The van der Waals surface area contributed by atoms with Gasteiger partial charge in [-0.15, -0.1) is 0 Å². The fraction of sp³-hybridized carbons (Fsp3) is 0.0323. The summed E-state index contributed by atoms with van der Waals surface area (Å²) in [5.41, 5.74) is 8.30. The van der Waals surface area contributed by atoms with Gasteiger partial charge in [0.15, 0.2) is 0 Å². The predicted octanol–water partition coefficient (Wildman–Crippen LogP) is 7.01. The summed E-state index contributed by atoms with van der Waals surface area (Å²) in [5.74, 6) is 1.18. The van der Waals surface area contributed by atoms with Crippen LogP contribution in [-0.2, 0) is 0 Å². The summed E-state index contributed by atoms with van der Waals surface area (Å²) < 4.78 is 8.03. The van der Waals surface area contributed by atoms with E-state index in [0.717, 1.165) is 34.0 Å². The molecule has 0 aliphatic rings. The van der Waals surface area contributed by atoms with Gasteiger partial charge in [0.05, 0.1) is 11.9 Å². The van der Waals surface area contributed by atoms with E-state index in [4.69, 9.17) is 4.74 Å². The summed E-state index contributed by atoms with van der Waals surface area (Å²) in [7, 11) is 0. The summed E-state index contributed by atoms with van der Waals surface area (Å²) in [4.78, 5) is 12.6. The summed E-state index contributed by atoms with van der Waals surface area (Å²) >= 11 is 0. The first kappa shape index (κ1) is 22.9. The molecule has 0 radical (unpaired) electrons. The summed E-state index contributed by atoms with van der Waals surface area (Å²) in [6.07, 6.45) is 1.60. The first-order valence-electron chi connectivity index (χ1n) is 11.7. The van der Waals surface area contributed by atoms with Crippen molar-refractivity contribution in [3.63, 3.8) is 0 Å². The number of hydrazone groups is 1. The van der Waals surface area contributed by atoms with E-state index in [9.17, 15) is 4.79 Å². The van der Waals surface area contributed by atoms with E-state index in [0.29, 0.717) is 11.3 Å². The fourth-order valence-electron chi connectivity index (χ4n) is 3.99. The Hall–Kier alpha value is -4.90. The van der Waals surface area contributed by atoms with Crippen LogP contribution in [0.4, 0.5) is 0 Å². The van der Waals surface area contributed by atoms with Gasteiger partial charge >= 0.3 is 0 Å². The van der Waals surface area contributed by atoms with Crippen molar-refractivity contribution >= 4 is 12.1 Å². The lowest BCUT2D eigenvalue weighted by Gasteiger charge is -2.12. The Morgan fingerprint density at radius 2 is 1.47 bits per heavy atom. The van der Waals surface area contributed by atoms with Gasteiger partial charge in [0, 0.05) is 16.9 Å². The second kappa shape index (κ2) is 10.6. The third-order valence-corrected chi connectivity index (χ3v) is 5.75. The molecule has 36 heavy (non-hydrogen) atoms. The van der Waals surface area contributed by atoms with E-state index >= 15 is 0 Å². The Labute approximate surface area is 210 Å². The molecule has 5 nitrogen and oxygen atoms in total. The van der Waals surface area contributed by atoms with Crippen LogP contribution in [0.2, 0.25) is 0 Å². The van der Waals surface area contributed by atoms with Gasteiger partial charge in [-0.25, -0.2) is 5.43 Å². The van der Waals surface area contributed by atoms with E-state index in [1.807, 2.05) is 97.1 Å². The number of carbonyl (C=O) groups is 1. The maximum Gasteiger partial charge on any atom is 0.271 e. The highest BCUT2D eigenvalue weighted by molar-refractivity contribution is 5.95. The Morgan fingerprint density at radius 3 is 2.22 bits per heavy atom. The SMILES string of the molecule is Cc1ccc(-c2ccccc2)n1-c1ccc(C(=O)N/N=C/c2cccc(Oc3ccccc3)c2)cc1. The average Bonchev–Trinajstić information content (AvgIpc) is 3.31. The number of hydrogen-bond donors (Lipinski definition) is 1. The quantitative estimate of drug-likeness (QED) is 0.205. The minimum absolute atomic E-state index is 0.276. The minimum atomic E-state index is -0.276. The molecule has 0 spiro atoms. The van der Waals surface area contributed by atoms with Crippen LogP contribution in [0.1, 0.15) is 21.6 Å². The molecule has 5 rings (SSSR count). The molecule has 0 atom stereocenters. The van der Waals surface area contributed by atoms with Crippen LogP contribution >= 0.6 is 0 Å². The summed E-state index contributed by atoms with van der Waals surface area (Å²) in [6, 6.07) is 39.1. The van der Waals surface area contributed by atoms with Crippen LogP contribution in [0.3, 0.4) is 0 Å². The third-order valence-electron chi connectivity index (χ3n) is 5.75. The first-order valence-corrected chi connectivity index (χ1v) is 11.7. The van der Waals surface area contributed by atoms with Crippen LogP contribution in [-0.4, -0.2) is 16.7 Å². The number of rotatable bonds is 7. The molecular weight excluding hydrogens is 446 g/mol. The van der Waals surface area contributed by atoms with Gasteiger partial charge in [0.25, 0.3) is 5.91 Å². The van der Waals surface area contributed by atoms with E-state index in [2.05, 4.69) is 46.3 Å². The third kappa shape index (κ3) is 5.26. The maximum absolute atomic E-state index is 12.6. The van der Waals surface area contributed by atoms with Crippen molar-refractivity contribution in [2.45, 2.75) is 6.92 Å². The van der Waals surface area contributed by atoms with Crippen LogP contribution in [0.25, 0.3) is 16.9 Å². The van der Waals surface area contributed by atoms with Crippen molar-refractivity contribution in [3.8, 4) is 28.4 Å². The molecule has 1 N–H and O–H groups in total. The van der Waals surface area contributed by atoms with Gasteiger partial charge in [0.1, 0.15) is 11.5 Å². The number of aryl methyl sites for hydroxylation is 1. The lowest BCUT2D eigenvalue weighted by Crippen LogP contribution is -2.17. The van der Waals surface area contributed by atoms with E-state index in [-0.39, 0.29) is 5.91 Å². The maximum atomic E-state index is 12.6. The van der Waals surface area contributed by atoms with Gasteiger partial charge in [0.2, 0.25) is 0 Å². The molecule has 0 fully saturated rings. The van der Waals surface area contributed by atoms with Gasteiger partial charge in [-0.2, -0.15) is 5.10 Å². The highest BCUT2D eigenvalue weighted by atomic mass is 16.5. The average molecular weight is 472 g/mol. The smallest absolute Gasteiger partial charge is 0.271 e. The second-order valence-electron chi connectivity index (χ2n) is 8.29. The molecule has 0 saturated carbocycles. The van der Waals surface area contributed by atoms with Crippen molar-refractivity contribution in [1.82, 2.24) is 9.99 Å². The zero-order valence-electron chi connectivity index (χ0n) is 19.8. The highest BCUT2D eigenvalue weighted by Gasteiger charge is 2.11. The van der Waals surface area contributed by atoms with Crippen molar-refractivity contribution < 1.29 is 9.53 Å². The molecular formula is C31H25N3O2. The molecule has 5 heteroatoms. The van der Waals surface area contributed by atoms with Crippen LogP contribution in [0.5, 0.6) is 11.5 Å². The molecule has 0 aliphatic carbocycles. The zero-order valence-corrected chi connectivity index (χ0v) is 19.8. The van der Waals surface area contributed by atoms with Crippen molar-refractivity contribution in [3.05, 3.63) is 138 Å². The summed E-state index contributed by atoms with van der Waals surface area (Å²) in [6.45, 7) is 2.07. The fourth-order valence-corrected chi connectivity index (χ4v) is 3.99. The summed E-state index contributed by atoms with van der Waals surface area (Å²) in [5, 5.41) is 4.12. The lowest BCUT2D eigenvalue weighted by atomic mass is 10.1. The van der Waals surface area contributed by atoms with Gasteiger partial charge in [-0.3, -0.25) is 4.79 Å². The Balaban J connectivity index is 1.25. The van der Waals surface area contributed by atoms with Crippen molar-refractivity contribution in [2.75, 3.05) is 0 Å². The molecule has 4 aromatic carbocycles. The van der Waals surface area contributed by atoms with Crippen LogP contribution in [0.15, 0.2) is 126 Å². The van der Waals surface area contributed by atoms with Crippen LogP contribution < -0.4 is 10.2 Å². The number of carbonyl (C=O) groups excluding carboxylic acids is 1. The first-order chi connectivity index (χ1) is 17.7. The van der Waals surface area contributed by atoms with E-state index < -0.39 is 0 Å². The molecule has 0 unspecified atom stereocenters. The molecule has 176 valence electrons. The molecule has 0 saturated heterocycles. The molecule has 1 aromatic heterocycles. The number of nitrogens with zero attached hydrogens (tertiary/aromatic N) is 2. The molecule has 1 amide bonds. The van der Waals surface area contributed by atoms with E-state index in [1.165, 1.54) is 0 Å². The monoisotopic (exact) mass is 471 g/mol. The Kier molecular flexibility index (Phi) is 6.72. The number of para-hydroxylation sites is 1. The number of nitrogens with one attached hydrogen (secondary N) is 1. The molecule has 0 aliphatic heterocycles. The Bertz CT molecular complexity index is 1490. The van der Waals surface area contributed by atoms with Gasteiger partial charge < -0.3 is 9.30 Å². The topological polar surface area (TPSA) is 55.6 Å². The van der Waals surface area contributed by atoms with E-state index in [1.54, 1.807) is 6.21 Å². The largest absolute Gasteiger partial charge is 0.457 e. The lowest BCUT2D eigenvalue weighted by molar-refractivity contribution is 0.0955. The Morgan fingerprint density at radius 1 is 0.778 bits per heavy atom. The highest BCUT2D eigenvalue weighted by Crippen LogP contribution is 2.26. The van der Waals surface area contributed by atoms with Crippen LogP contribution in [0, 0.1) is 6.92 Å². The van der Waals surface area contributed by atoms with Gasteiger partial charge in [-0.1, -0.05) is 60.7 Å². The molecule has 0 bridgehead atoms. The number of benzene rings is 4.